The van der Waals surface area contributed by atoms with E-state index in [0.717, 1.165) is 10.5 Å². The van der Waals surface area contributed by atoms with Crippen LogP contribution in [0.4, 0.5) is 0 Å². The number of fused-ring (bicyclic) bond motifs is 1. The fourth-order valence-electron chi connectivity index (χ4n) is 3.04. The fourth-order valence-corrected chi connectivity index (χ4v) is 4.10. The molecular weight excluding hydrogens is 394 g/mol. The van der Waals surface area contributed by atoms with Gasteiger partial charge in [-0.2, -0.15) is 0 Å². The van der Waals surface area contributed by atoms with Crippen molar-refractivity contribution in [2.24, 2.45) is 0 Å². The van der Waals surface area contributed by atoms with E-state index in [1.54, 1.807) is 0 Å². The minimum absolute atomic E-state index is 0.0715. The lowest BCUT2D eigenvalue weighted by Gasteiger charge is -2.06. The van der Waals surface area contributed by atoms with Crippen LogP contribution in [0.15, 0.2) is 64.1 Å². The monoisotopic (exact) mass is 411 g/mol. The standard InChI is InChI=1S/C20H17N3O5S/c1-23-19(24)16-8-7-15(11-17(16)20(23)25)29(26,27)21-10-9-14-12-28-18(22-14)13-5-3-2-4-6-13/h2-8,11-12,21H,9-10H2,1H3. The third-order valence-electron chi connectivity index (χ3n) is 4.62. The molecule has 0 radical (unpaired) electrons. The fraction of sp³-hybridized carbons (Fsp3) is 0.150. The van der Waals surface area contributed by atoms with Crippen LogP contribution in [0.3, 0.4) is 0 Å². The van der Waals surface area contributed by atoms with Crippen molar-refractivity contribution in [2.75, 3.05) is 13.6 Å². The molecule has 1 aliphatic heterocycles. The van der Waals surface area contributed by atoms with Gasteiger partial charge in [-0.05, 0) is 30.3 Å². The molecule has 2 aromatic carbocycles. The first-order chi connectivity index (χ1) is 13.9. The van der Waals surface area contributed by atoms with Gasteiger partial charge in [-0.1, -0.05) is 18.2 Å². The van der Waals surface area contributed by atoms with Crippen LogP contribution in [-0.4, -0.2) is 43.7 Å². The summed E-state index contributed by atoms with van der Waals surface area (Å²) >= 11 is 0. The minimum atomic E-state index is -3.85. The lowest BCUT2D eigenvalue weighted by atomic mass is 10.1. The molecular formula is C20H17N3O5S. The highest BCUT2D eigenvalue weighted by Crippen LogP contribution is 2.24. The Morgan fingerprint density at radius 1 is 1.03 bits per heavy atom. The second-order valence-corrected chi connectivity index (χ2v) is 8.30. The Bertz CT molecular complexity index is 1200. The molecule has 0 bridgehead atoms. The van der Waals surface area contributed by atoms with Gasteiger partial charge in [0.1, 0.15) is 6.26 Å². The molecule has 0 saturated heterocycles. The second-order valence-electron chi connectivity index (χ2n) is 6.53. The van der Waals surface area contributed by atoms with E-state index < -0.39 is 21.8 Å². The number of oxazole rings is 1. The molecule has 2 heterocycles. The number of imide groups is 1. The van der Waals surface area contributed by atoms with Crippen molar-refractivity contribution in [3.8, 4) is 11.5 Å². The summed E-state index contributed by atoms with van der Waals surface area (Å²) < 4.78 is 33.0. The summed E-state index contributed by atoms with van der Waals surface area (Å²) in [7, 11) is -2.49. The van der Waals surface area contributed by atoms with Crippen LogP contribution in [0.1, 0.15) is 26.4 Å². The van der Waals surface area contributed by atoms with Crippen LogP contribution in [0.25, 0.3) is 11.5 Å². The molecule has 8 nitrogen and oxygen atoms in total. The molecule has 0 atom stereocenters. The van der Waals surface area contributed by atoms with Gasteiger partial charge in [-0.3, -0.25) is 14.5 Å². The topological polar surface area (TPSA) is 110 Å². The number of nitrogens with one attached hydrogen (secondary N) is 1. The number of amides is 2. The summed E-state index contributed by atoms with van der Waals surface area (Å²) in [5, 5.41) is 0. The lowest BCUT2D eigenvalue weighted by Crippen LogP contribution is -2.26. The average molecular weight is 411 g/mol. The average Bonchev–Trinajstić information content (AvgIpc) is 3.28. The first kappa shape index (κ1) is 19.0. The van der Waals surface area contributed by atoms with Crippen LogP contribution in [0, 0.1) is 0 Å². The Morgan fingerprint density at radius 2 is 1.76 bits per heavy atom. The molecule has 0 aliphatic carbocycles. The minimum Gasteiger partial charge on any atom is -0.444 e. The van der Waals surface area contributed by atoms with Crippen molar-refractivity contribution >= 4 is 21.8 Å². The third kappa shape index (κ3) is 3.57. The van der Waals surface area contributed by atoms with Gasteiger partial charge in [0.05, 0.1) is 21.7 Å². The smallest absolute Gasteiger partial charge is 0.261 e. The largest absolute Gasteiger partial charge is 0.444 e. The molecule has 148 valence electrons. The van der Waals surface area contributed by atoms with Gasteiger partial charge in [-0.25, -0.2) is 18.1 Å². The van der Waals surface area contributed by atoms with E-state index in [1.807, 2.05) is 30.3 Å². The van der Waals surface area contributed by atoms with E-state index in [4.69, 9.17) is 4.42 Å². The Balaban J connectivity index is 1.44. The number of carbonyl (C=O) groups excluding carboxylic acids is 2. The van der Waals surface area contributed by atoms with E-state index in [2.05, 4.69) is 9.71 Å². The van der Waals surface area contributed by atoms with Crippen molar-refractivity contribution in [3.05, 3.63) is 71.6 Å². The Kier molecular flexibility index (Phi) is 4.77. The maximum atomic E-state index is 12.6. The van der Waals surface area contributed by atoms with Gasteiger partial charge in [0.15, 0.2) is 0 Å². The molecule has 9 heteroatoms. The number of hydrogen-bond donors (Lipinski definition) is 1. The van der Waals surface area contributed by atoms with Crippen molar-refractivity contribution < 1.29 is 22.4 Å². The van der Waals surface area contributed by atoms with Gasteiger partial charge in [0.25, 0.3) is 11.8 Å². The molecule has 0 saturated carbocycles. The molecule has 3 aromatic rings. The van der Waals surface area contributed by atoms with E-state index in [9.17, 15) is 18.0 Å². The van der Waals surface area contributed by atoms with Gasteiger partial charge in [0, 0.05) is 25.6 Å². The predicted octanol–water partition coefficient (Wildman–Crippen LogP) is 2.09. The summed E-state index contributed by atoms with van der Waals surface area (Å²) in [6, 6.07) is 13.3. The molecule has 4 rings (SSSR count). The van der Waals surface area contributed by atoms with Crippen LogP contribution >= 0.6 is 0 Å². The normalized spacial score (nSPS) is 13.8. The van der Waals surface area contributed by atoms with Crippen LogP contribution in [0.2, 0.25) is 0 Å². The predicted molar refractivity (Wildman–Crippen MR) is 104 cm³/mol. The van der Waals surface area contributed by atoms with Gasteiger partial charge in [0.2, 0.25) is 15.9 Å². The molecule has 29 heavy (non-hydrogen) atoms. The van der Waals surface area contributed by atoms with Crippen molar-refractivity contribution in [1.82, 2.24) is 14.6 Å². The van der Waals surface area contributed by atoms with Crippen LogP contribution < -0.4 is 4.72 Å². The number of rotatable bonds is 6. The summed E-state index contributed by atoms with van der Waals surface area (Å²) in [6.45, 7) is 0.104. The van der Waals surface area contributed by atoms with Gasteiger partial charge < -0.3 is 4.42 Å². The number of hydrogen-bond acceptors (Lipinski definition) is 6. The highest BCUT2D eigenvalue weighted by Gasteiger charge is 2.33. The van der Waals surface area contributed by atoms with Crippen LogP contribution in [0.5, 0.6) is 0 Å². The molecule has 0 fully saturated rings. The second kappa shape index (κ2) is 7.26. The molecule has 1 N–H and O–H groups in total. The molecule has 1 aromatic heterocycles. The molecule has 1 aliphatic rings. The van der Waals surface area contributed by atoms with Crippen molar-refractivity contribution in [1.29, 1.82) is 0 Å². The van der Waals surface area contributed by atoms with Crippen molar-refractivity contribution in [3.63, 3.8) is 0 Å². The summed E-state index contributed by atoms with van der Waals surface area (Å²) in [5.41, 5.74) is 1.74. The van der Waals surface area contributed by atoms with Crippen molar-refractivity contribution in [2.45, 2.75) is 11.3 Å². The Labute approximate surface area is 167 Å². The summed E-state index contributed by atoms with van der Waals surface area (Å²) in [5.74, 6) is -0.491. The number of benzene rings is 2. The van der Waals surface area contributed by atoms with E-state index in [1.165, 1.54) is 31.5 Å². The highest BCUT2D eigenvalue weighted by molar-refractivity contribution is 7.89. The highest BCUT2D eigenvalue weighted by atomic mass is 32.2. The zero-order valence-electron chi connectivity index (χ0n) is 15.5. The summed E-state index contributed by atoms with van der Waals surface area (Å²) in [4.78, 5) is 29.2. The van der Waals surface area contributed by atoms with E-state index in [0.29, 0.717) is 18.0 Å². The first-order valence-electron chi connectivity index (χ1n) is 8.83. The van der Waals surface area contributed by atoms with E-state index >= 15 is 0 Å². The maximum absolute atomic E-state index is 12.6. The third-order valence-corrected chi connectivity index (χ3v) is 6.08. The lowest BCUT2D eigenvalue weighted by molar-refractivity contribution is 0.0693. The van der Waals surface area contributed by atoms with Gasteiger partial charge >= 0.3 is 0 Å². The molecule has 0 spiro atoms. The Hall–Kier alpha value is -3.30. The summed E-state index contributed by atoms with van der Waals surface area (Å²) in [6.07, 6.45) is 1.83. The number of aromatic nitrogens is 1. The zero-order chi connectivity index (χ0) is 20.6. The molecule has 0 unspecified atom stereocenters. The number of carbonyl (C=O) groups is 2. The maximum Gasteiger partial charge on any atom is 0.261 e. The zero-order valence-corrected chi connectivity index (χ0v) is 16.3. The quantitative estimate of drug-likeness (QED) is 0.622. The van der Waals surface area contributed by atoms with Crippen LogP contribution in [-0.2, 0) is 16.4 Å². The van der Waals surface area contributed by atoms with Gasteiger partial charge in [-0.15, -0.1) is 0 Å². The Morgan fingerprint density at radius 3 is 2.52 bits per heavy atom. The number of sulfonamides is 1. The first-order valence-corrected chi connectivity index (χ1v) is 10.3. The van der Waals surface area contributed by atoms with E-state index in [-0.39, 0.29) is 22.6 Å². The molecule has 2 amide bonds. The number of nitrogens with zero attached hydrogens (tertiary/aromatic N) is 2. The SMILES string of the molecule is CN1C(=O)c2ccc(S(=O)(=O)NCCc3coc(-c4ccccc4)n3)cc2C1=O.